The first-order valence-electron chi connectivity index (χ1n) is 1.51. The van der Waals surface area contributed by atoms with E-state index < -0.39 is 0 Å². The quantitative estimate of drug-likeness (QED) is 0.441. The van der Waals surface area contributed by atoms with Crippen LogP contribution in [-0.4, -0.2) is 20.3 Å². The third-order valence-corrected chi connectivity index (χ3v) is 0.295. The number of ether oxygens (including phenoxy) is 1. The highest BCUT2D eigenvalue weighted by atomic mass is 16.5. The van der Waals surface area contributed by atoms with E-state index >= 15 is 0 Å². The molecular weight excluding hydrogens is 66.0 g/mol. The molecule has 0 fully saturated rings. The zero-order valence-corrected chi connectivity index (χ0v) is 3.27. The Kier molecular flexibility index (Phi) is 3.86. The maximum atomic E-state index is 7.94. The van der Waals surface area contributed by atoms with Gasteiger partial charge in [0.1, 0.15) is 0 Å². The number of rotatable bonds is 2. The van der Waals surface area contributed by atoms with E-state index in [0.29, 0.717) is 6.61 Å². The SMILES string of the molecule is COCC[N]. The van der Waals surface area contributed by atoms with Crippen molar-refractivity contribution in [3.63, 3.8) is 0 Å². The van der Waals surface area contributed by atoms with Crippen LogP contribution in [0.1, 0.15) is 0 Å². The smallest absolute Gasteiger partial charge is 0.0619 e. The summed E-state index contributed by atoms with van der Waals surface area (Å²) in [5.74, 6) is 0. The van der Waals surface area contributed by atoms with Gasteiger partial charge >= 0.3 is 0 Å². The summed E-state index contributed by atoms with van der Waals surface area (Å²) in [6, 6.07) is 0. The minimum Gasteiger partial charge on any atom is -0.383 e. The first-order chi connectivity index (χ1) is 2.41. The van der Waals surface area contributed by atoms with Crippen molar-refractivity contribution < 1.29 is 4.74 Å². The Balaban J connectivity index is 2.19. The highest BCUT2D eigenvalue weighted by Gasteiger charge is 1.68. The molecule has 0 saturated heterocycles. The molecule has 0 atom stereocenters. The van der Waals surface area contributed by atoms with Gasteiger partial charge in [0.25, 0.3) is 0 Å². The molecule has 0 saturated carbocycles. The molecule has 0 unspecified atom stereocenters. The lowest BCUT2D eigenvalue weighted by molar-refractivity contribution is 0.206. The number of hydrogen-bond acceptors (Lipinski definition) is 1. The number of methoxy groups -OCH3 is 1. The molecule has 0 aliphatic rings. The summed E-state index contributed by atoms with van der Waals surface area (Å²) < 4.78 is 4.44. The van der Waals surface area contributed by atoms with Crippen molar-refractivity contribution in [3.8, 4) is 0 Å². The molecule has 2 heteroatoms. The third kappa shape index (κ3) is 3.92. The van der Waals surface area contributed by atoms with Gasteiger partial charge in [0.05, 0.1) is 13.2 Å². The van der Waals surface area contributed by atoms with Gasteiger partial charge in [-0.2, -0.15) is 0 Å². The molecule has 0 spiro atoms. The Morgan fingerprint density at radius 3 is 2.40 bits per heavy atom. The molecule has 5 heavy (non-hydrogen) atoms. The molecule has 2 radical (unpaired) electrons. The summed E-state index contributed by atoms with van der Waals surface area (Å²) in [6.07, 6.45) is 0. The molecule has 0 aliphatic carbocycles. The van der Waals surface area contributed by atoms with Crippen molar-refractivity contribution in [2.75, 3.05) is 20.3 Å². The standard InChI is InChI=1S/C3H7NO/c1-5-3-2-4/h2-3H2,1H3. The fraction of sp³-hybridized carbons (Fsp3) is 1.00. The van der Waals surface area contributed by atoms with Crippen LogP contribution < -0.4 is 5.73 Å². The Morgan fingerprint density at radius 1 is 1.80 bits per heavy atom. The second-order valence-corrected chi connectivity index (χ2v) is 0.716. The van der Waals surface area contributed by atoms with E-state index in [1.807, 2.05) is 0 Å². The fourth-order valence-corrected chi connectivity index (χ4v) is 0.0913. The monoisotopic (exact) mass is 73.1 g/mol. The van der Waals surface area contributed by atoms with E-state index in [9.17, 15) is 0 Å². The lowest BCUT2D eigenvalue weighted by Crippen LogP contribution is -1.93. The van der Waals surface area contributed by atoms with Gasteiger partial charge in [-0.15, -0.1) is 5.73 Å². The summed E-state index contributed by atoms with van der Waals surface area (Å²) in [6.45, 7) is 0.566. The summed E-state index contributed by atoms with van der Waals surface area (Å²) >= 11 is 0. The number of hydrogen-bond donors (Lipinski definition) is 0. The van der Waals surface area contributed by atoms with E-state index in [-0.39, 0.29) is 6.54 Å². The highest BCUT2D eigenvalue weighted by Crippen LogP contribution is 1.55. The first kappa shape index (κ1) is 4.92. The molecule has 0 aromatic rings. The molecule has 0 aromatic heterocycles. The summed E-state index contributed by atoms with van der Waals surface area (Å²) in [7, 11) is 1.55. The molecule has 0 N–H and O–H groups in total. The average Bonchev–Trinajstić information content (AvgIpc) is 1.41. The maximum absolute atomic E-state index is 7.94. The van der Waals surface area contributed by atoms with Crippen LogP contribution in [0.3, 0.4) is 0 Å². The predicted octanol–water partition coefficient (Wildman–Crippen LogP) is -0.298. The van der Waals surface area contributed by atoms with Gasteiger partial charge in [-0.05, 0) is 0 Å². The lowest BCUT2D eigenvalue weighted by Gasteiger charge is -1.82. The fourth-order valence-electron chi connectivity index (χ4n) is 0.0913. The Morgan fingerprint density at radius 2 is 2.40 bits per heavy atom. The van der Waals surface area contributed by atoms with Gasteiger partial charge < -0.3 is 4.74 Å². The van der Waals surface area contributed by atoms with E-state index in [1.54, 1.807) is 7.11 Å². The Bertz CT molecular complexity index is 14.4. The van der Waals surface area contributed by atoms with Gasteiger partial charge in [0, 0.05) is 7.11 Å². The molecule has 0 bridgehead atoms. The van der Waals surface area contributed by atoms with Crippen LogP contribution in [0.4, 0.5) is 0 Å². The van der Waals surface area contributed by atoms with E-state index in [0.717, 1.165) is 0 Å². The first-order valence-corrected chi connectivity index (χ1v) is 1.51. The third-order valence-electron chi connectivity index (χ3n) is 0.295. The maximum Gasteiger partial charge on any atom is 0.0619 e. The summed E-state index contributed by atoms with van der Waals surface area (Å²) in [5.41, 5.74) is 7.94. The Labute approximate surface area is 31.9 Å². The minimum absolute atomic E-state index is 0.122. The van der Waals surface area contributed by atoms with Crippen molar-refractivity contribution >= 4 is 0 Å². The average molecular weight is 73.1 g/mol. The van der Waals surface area contributed by atoms with Crippen molar-refractivity contribution in [2.45, 2.75) is 0 Å². The molecule has 0 amide bonds. The van der Waals surface area contributed by atoms with Gasteiger partial charge in [0.2, 0.25) is 0 Å². The van der Waals surface area contributed by atoms with Crippen molar-refractivity contribution in [1.82, 2.24) is 5.73 Å². The predicted molar refractivity (Wildman–Crippen MR) is 18.9 cm³/mol. The second-order valence-electron chi connectivity index (χ2n) is 0.716. The van der Waals surface area contributed by atoms with Crippen LogP contribution in [0, 0.1) is 0 Å². The lowest BCUT2D eigenvalue weighted by atomic mass is 10.7. The van der Waals surface area contributed by atoms with E-state index in [1.165, 1.54) is 0 Å². The van der Waals surface area contributed by atoms with Crippen molar-refractivity contribution in [2.24, 2.45) is 0 Å². The van der Waals surface area contributed by atoms with E-state index in [2.05, 4.69) is 4.74 Å². The van der Waals surface area contributed by atoms with Crippen LogP contribution >= 0.6 is 0 Å². The van der Waals surface area contributed by atoms with Gasteiger partial charge in [-0.1, -0.05) is 0 Å². The van der Waals surface area contributed by atoms with Crippen LogP contribution in [0.5, 0.6) is 0 Å². The zero-order chi connectivity index (χ0) is 4.12. The second kappa shape index (κ2) is 3.92. The van der Waals surface area contributed by atoms with Crippen molar-refractivity contribution in [3.05, 3.63) is 0 Å². The molecule has 30 valence electrons. The molecular formula is C3H7NO. The van der Waals surface area contributed by atoms with Crippen molar-refractivity contribution in [1.29, 1.82) is 0 Å². The summed E-state index contributed by atoms with van der Waals surface area (Å²) in [4.78, 5) is 0. The van der Waals surface area contributed by atoms with Gasteiger partial charge in [-0.25, -0.2) is 0 Å². The largest absolute Gasteiger partial charge is 0.383 e. The van der Waals surface area contributed by atoms with Crippen LogP contribution in [0.25, 0.3) is 0 Å². The topological polar surface area (TPSA) is 31.5 Å². The zero-order valence-electron chi connectivity index (χ0n) is 3.27. The molecule has 0 aliphatic heterocycles. The molecule has 2 nitrogen and oxygen atoms in total. The van der Waals surface area contributed by atoms with E-state index in [4.69, 9.17) is 5.73 Å². The normalized spacial score (nSPS) is 8.40. The highest BCUT2D eigenvalue weighted by molar-refractivity contribution is 4.20. The number of nitrogens with zero attached hydrogens (tertiary/aromatic N) is 1. The van der Waals surface area contributed by atoms with Crippen LogP contribution in [0.15, 0.2) is 0 Å². The van der Waals surface area contributed by atoms with Crippen LogP contribution in [0.2, 0.25) is 0 Å². The van der Waals surface area contributed by atoms with Gasteiger partial charge in [-0.3, -0.25) is 0 Å². The minimum atomic E-state index is 0.122. The molecule has 0 rings (SSSR count). The van der Waals surface area contributed by atoms with Crippen LogP contribution in [-0.2, 0) is 4.74 Å². The van der Waals surface area contributed by atoms with Gasteiger partial charge in [0.15, 0.2) is 0 Å². The Hall–Kier alpha value is -0.0800. The molecule has 0 aromatic carbocycles. The summed E-state index contributed by atoms with van der Waals surface area (Å²) in [5, 5.41) is 0. The molecule has 0 heterocycles.